The molecule has 0 bridgehead atoms. The van der Waals surface area contributed by atoms with Crippen LogP contribution in [0.25, 0.3) is 0 Å². The minimum atomic E-state index is -0.147. The van der Waals surface area contributed by atoms with E-state index in [0.717, 1.165) is 31.1 Å². The van der Waals surface area contributed by atoms with E-state index in [1.54, 1.807) is 30.0 Å². The Bertz CT molecular complexity index is 1220. The van der Waals surface area contributed by atoms with Gasteiger partial charge in [-0.25, -0.2) is 4.98 Å². The lowest BCUT2D eigenvalue weighted by atomic mass is 10.1. The molecule has 2 heterocycles. The van der Waals surface area contributed by atoms with Crippen molar-refractivity contribution in [2.75, 3.05) is 5.32 Å². The first-order valence-corrected chi connectivity index (χ1v) is 12.2. The van der Waals surface area contributed by atoms with Gasteiger partial charge in [-0.05, 0) is 49.7 Å². The molecular weight excluding hydrogens is 448 g/mol. The highest BCUT2D eigenvalue weighted by atomic mass is 32.2. The van der Waals surface area contributed by atoms with Gasteiger partial charge in [-0.2, -0.15) is 4.98 Å². The van der Waals surface area contributed by atoms with Gasteiger partial charge >= 0.3 is 0 Å². The summed E-state index contributed by atoms with van der Waals surface area (Å²) in [6, 6.07) is 13.5. The number of carbonyl (C=O) groups is 1. The number of aryl methyl sites for hydroxylation is 3. The Hall–Kier alpha value is -2.62. The summed E-state index contributed by atoms with van der Waals surface area (Å²) >= 11 is 4.77. The van der Waals surface area contributed by atoms with Gasteiger partial charge in [0.15, 0.2) is 10.2 Å². The summed E-state index contributed by atoms with van der Waals surface area (Å²) in [5.74, 6) is 1.52. The van der Waals surface area contributed by atoms with Crippen LogP contribution in [0.2, 0.25) is 0 Å². The highest BCUT2D eigenvalue weighted by Crippen LogP contribution is 2.33. The van der Waals surface area contributed by atoms with Crippen molar-refractivity contribution in [2.24, 2.45) is 0 Å². The van der Waals surface area contributed by atoms with E-state index in [9.17, 15) is 4.79 Å². The van der Waals surface area contributed by atoms with Crippen LogP contribution in [0.3, 0.4) is 0 Å². The van der Waals surface area contributed by atoms with Gasteiger partial charge in [0.1, 0.15) is 0 Å². The fourth-order valence-electron chi connectivity index (χ4n) is 2.83. The van der Waals surface area contributed by atoms with E-state index < -0.39 is 0 Å². The molecule has 2 aromatic carbocycles. The zero-order chi connectivity index (χ0) is 21.8. The fraction of sp³-hybridized carbons (Fsp3) is 0.182. The van der Waals surface area contributed by atoms with Crippen molar-refractivity contribution >= 4 is 46.5 Å². The van der Waals surface area contributed by atoms with Gasteiger partial charge in [0.2, 0.25) is 5.89 Å². The third kappa shape index (κ3) is 5.55. The Morgan fingerprint density at radius 2 is 1.97 bits per heavy atom. The summed E-state index contributed by atoms with van der Waals surface area (Å²) in [7, 11) is 0. The Labute approximate surface area is 192 Å². The van der Waals surface area contributed by atoms with Crippen LogP contribution in [0.5, 0.6) is 0 Å². The van der Waals surface area contributed by atoms with Gasteiger partial charge in [-0.3, -0.25) is 4.79 Å². The lowest BCUT2D eigenvalue weighted by molar-refractivity contribution is 0.102. The molecule has 4 rings (SSSR count). The highest BCUT2D eigenvalue weighted by molar-refractivity contribution is 8.01. The molecule has 4 aromatic rings. The average molecular weight is 469 g/mol. The Morgan fingerprint density at radius 1 is 1.13 bits per heavy atom. The molecule has 0 atom stereocenters. The van der Waals surface area contributed by atoms with Crippen LogP contribution < -0.4 is 5.32 Å². The monoisotopic (exact) mass is 468 g/mol. The summed E-state index contributed by atoms with van der Waals surface area (Å²) in [5, 5.41) is 8.99. The first-order chi connectivity index (χ1) is 15.0. The molecule has 1 N–H and O–H groups in total. The van der Waals surface area contributed by atoms with Crippen LogP contribution in [0.4, 0.5) is 5.69 Å². The molecule has 0 saturated heterocycles. The maximum atomic E-state index is 13.0. The molecule has 1 amide bonds. The molecule has 158 valence electrons. The summed E-state index contributed by atoms with van der Waals surface area (Å²) in [5.41, 5.74) is 3.43. The summed E-state index contributed by atoms with van der Waals surface area (Å²) in [6.45, 7) is 5.74. The summed E-state index contributed by atoms with van der Waals surface area (Å²) in [6.07, 6.45) is 0. The number of rotatable bonds is 7. The molecule has 6 nitrogen and oxygen atoms in total. The number of nitrogens with one attached hydrogen (secondary N) is 1. The molecule has 0 aliphatic carbocycles. The number of hydrogen-bond donors (Lipinski definition) is 1. The largest absolute Gasteiger partial charge is 0.340 e. The minimum Gasteiger partial charge on any atom is -0.340 e. The van der Waals surface area contributed by atoms with Gasteiger partial charge in [-0.1, -0.05) is 29.1 Å². The van der Waals surface area contributed by atoms with Crippen molar-refractivity contribution in [1.29, 1.82) is 0 Å². The SMILES string of the molecule is Cc1csc(Sc2ccc(NC(=O)c3ccccc3SCc3noc(C)n3)c(C)c2)n1. The number of benzene rings is 2. The molecule has 0 aliphatic heterocycles. The van der Waals surface area contributed by atoms with Crippen molar-refractivity contribution in [3.05, 3.63) is 76.4 Å². The number of nitrogens with zero attached hydrogens (tertiary/aromatic N) is 3. The predicted molar refractivity (Wildman–Crippen MR) is 125 cm³/mol. The Kier molecular flexibility index (Phi) is 6.74. The quantitative estimate of drug-likeness (QED) is 0.326. The molecule has 0 aliphatic rings. The molecule has 0 unspecified atom stereocenters. The third-order valence-corrected chi connectivity index (χ3v) is 7.42. The maximum absolute atomic E-state index is 13.0. The van der Waals surface area contributed by atoms with Crippen LogP contribution in [0.15, 0.2) is 66.5 Å². The second kappa shape index (κ2) is 9.67. The maximum Gasteiger partial charge on any atom is 0.256 e. The molecular formula is C22H20N4O2S3. The highest BCUT2D eigenvalue weighted by Gasteiger charge is 2.14. The van der Waals surface area contributed by atoms with Crippen molar-refractivity contribution in [3.63, 3.8) is 0 Å². The van der Waals surface area contributed by atoms with Gasteiger partial charge in [0.25, 0.3) is 5.91 Å². The number of thioether (sulfide) groups is 1. The number of amides is 1. The van der Waals surface area contributed by atoms with Crippen molar-refractivity contribution < 1.29 is 9.32 Å². The second-order valence-electron chi connectivity index (χ2n) is 6.80. The zero-order valence-corrected chi connectivity index (χ0v) is 19.7. The standard InChI is InChI=1S/C22H20N4O2S3/c1-13-10-16(31-22-23-14(2)11-30-22)8-9-18(13)25-21(27)17-6-4-5-7-19(17)29-12-20-24-15(3)28-26-20/h4-11H,12H2,1-3H3,(H,25,27). The number of aromatic nitrogens is 3. The first-order valence-electron chi connectivity index (χ1n) is 9.51. The van der Waals surface area contributed by atoms with Crippen LogP contribution in [0, 0.1) is 20.8 Å². The third-order valence-electron chi connectivity index (χ3n) is 4.31. The normalized spacial score (nSPS) is 10.9. The minimum absolute atomic E-state index is 0.147. The van der Waals surface area contributed by atoms with Gasteiger partial charge in [0.05, 0.1) is 11.3 Å². The van der Waals surface area contributed by atoms with Crippen molar-refractivity contribution in [1.82, 2.24) is 15.1 Å². The Morgan fingerprint density at radius 3 is 2.68 bits per heavy atom. The number of hydrogen-bond acceptors (Lipinski definition) is 8. The second-order valence-corrected chi connectivity index (χ2v) is 10.00. The van der Waals surface area contributed by atoms with Crippen LogP contribution in [-0.4, -0.2) is 21.0 Å². The van der Waals surface area contributed by atoms with E-state index in [1.807, 2.05) is 55.6 Å². The molecule has 9 heteroatoms. The Balaban J connectivity index is 1.45. The van der Waals surface area contributed by atoms with Gasteiger partial charge in [0, 0.05) is 33.5 Å². The molecule has 0 fully saturated rings. The predicted octanol–water partition coefficient (Wildman–Crippen LogP) is 6.15. The smallest absolute Gasteiger partial charge is 0.256 e. The van der Waals surface area contributed by atoms with Crippen LogP contribution in [0.1, 0.15) is 33.3 Å². The lowest BCUT2D eigenvalue weighted by Crippen LogP contribution is -2.13. The van der Waals surface area contributed by atoms with Crippen molar-refractivity contribution in [2.45, 2.75) is 40.7 Å². The van der Waals surface area contributed by atoms with E-state index in [-0.39, 0.29) is 5.91 Å². The van der Waals surface area contributed by atoms with Crippen molar-refractivity contribution in [3.8, 4) is 0 Å². The molecule has 2 aromatic heterocycles. The summed E-state index contributed by atoms with van der Waals surface area (Å²) < 4.78 is 6.02. The molecule has 31 heavy (non-hydrogen) atoms. The van der Waals surface area contributed by atoms with Gasteiger partial charge in [-0.15, -0.1) is 23.1 Å². The van der Waals surface area contributed by atoms with E-state index >= 15 is 0 Å². The molecule has 0 radical (unpaired) electrons. The average Bonchev–Trinajstić information content (AvgIpc) is 3.36. The first kappa shape index (κ1) is 21.6. The molecule has 0 spiro atoms. The zero-order valence-electron chi connectivity index (χ0n) is 17.2. The number of carbonyl (C=O) groups excluding carboxylic acids is 1. The topological polar surface area (TPSA) is 80.9 Å². The summed E-state index contributed by atoms with van der Waals surface area (Å²) in [4.78, 5) is 23.7. The van der Waals surface area contributed by atoms with Gasteiger partial charge < -0.3 is 9.84 Å². The fourth-order valence-corrected chi connectivity index (χ4v) is 5.63. The van der Waals surface area contributed by atoms with E-state index in [1.165, 1.54) is 11.8 Å². The van der Waals surface area contributed by atoms with Crippen LogP contribution >= 0.6 is 34.9 Å². The van der Waals surface area contributed by atoms with Crippen LogP contribution in [-0.2, 0) is 5.75 Å². The van der Waals surface area contributed by atoms with E-state index in [4.69, 9.17) is 4.52 Å². The lowest BCUT2D eigenvalue weighted by Gasteiger charge is -2.12. The van der Waals surface area contributed by atoms with E-state index in [0.29, 0.717) is 23.0 Å². The molecule has 0 saturated carbocycles. The number of thiazole rings is 1. The number of anilines is 1. The van der Waals surface area contributed by atoms with E-state index in [2.05, 4.69) is 26.5 Å².